The van der Waals surface area contributed by atoms with Crippen molar-refractivity contribution in [2.45, 2.75) is 18.9 Å². The van der Waals surface area contributed by atoms with Crippen LogP contribution in [0.3, 0.4) is 0 Å². The lowest BCUT2D eigenvalue weighted by Gasteiger charge is -2.21. The van der Waals surface area contributed by atoms with Crippen LogP contribution in [-0.2, 0) is 11.4 Å². The Labute approximate surface area is 158 Å². The molecule has 0 fully saturated rings. The van der Waals surface area contributed by atoms with Gasteiger partial charge in [0.15, 0.2) is 11.5 Å². The minimum Gasteiger partial charge on any atom is -0.492 e. The molecule has 0 bridgehead atoms. The van der Waals surface area contributed by atoms with Crippen molar-refractivity contribution < 1.29 is 28.8 Å². The number of carboxylic acids is 1. The van der Waals surface area contributed by atoms with Gasteiger partial charge in [-0.25, -0.2) is 0 Å². The Kier molecular flexibility index (Phi) is 4.63. The van der Waals surface area contributed by atoms with Gasteiger partial charge in [0.2, 0.25) is 0 Å². The van der Waals surface area contributed by atoms with Crippen LogP contribution in [0, 0.1) is 0 Å². The summed E-state index contributed by atoms with van der Waals surface area (Å²) < 4.78 is 23.8. The first-order chi connectivity index (χ1) is 12.6. The third-order valence-electron chi connectivity index (χ3n) is 4.36. The zero-order valence-electron chi connectivity index (χ0n) is 13.9. The second-order valence-electron chi connectivity index (χ2n) is 6.18. The number of hydrogen-bond acceptors (Lipinski definition) is 5. The van der Waals surface area contributed by atoms with Gasteiger partial charge in [-0.05, 0) is 18.2 Å². The molecule has 0 amide bonds. The van der Waals surface area contributed by atoms with Crippen LogP contribution < -0.4 is 18.9 Å². The van der Waals surface area contributed by atoms with Crippen molar-refractivity contribution in [1.29, 1.82) is 0 Å². The average Bonchev–Trinajstić information content (AvgIpc) is 3.01. The summed E-state index contributed by atoms with van der Waals surface area (Å²) in [5, 5.41) is 8.98. The molecule has 1 atom stereocenters. The van der Waals surface area contributed by atoms with Crippen molar-refractivity contribution in [2.75, 3.05) is 19.8 Å². The van der Waals surface area contributed by atoms with E-state index in [4.69, 9.17) is 24.1 Å². The number of ether oxygens (including phenoxy) is 4. The SMILES string of the molecule is O=C(O)CC1COc2cc(OCc3cc(Br)cc4c3OCCO4)ccc21. The number of benzene rings is 2. The van der Waals surface area contributed by atoms with Gasteiger partial charge < -0.3 is 24.1 Å². The van der Waals surface area contributed by atoms with Gasteiger partial charge in [0.25, 0.3) is 0 Å². The third kappa shape index (κ3) is 3.44. The second-order valence-corrected chi connectivity index (χ2v) is 7.10. The molecule has 6 nitrogen and oxygen atoms in total. The summed E-state index contributed by atoms with van der Waals surface area (Å²) in [5.74, 6) is 1.82. The number of fused-ring (bicyclic) bond motifs is 2. The average molecular weight is 421 g/mol. The summed E-state index contributed by atoms with van der Waals surface area (Å²) in [5.41, 5.74) is 1.80. The molecule has 0 saturated heterocycles. The van der Waals surface area contributed by atoms with E-state index in [1.165, 1.54) is 0 Å². The van der Waals surface area contributed by atoms with Gasteiger partial charge >= 0.3 is 5.97 Å². The molecular weight excluding hydrogens is 404 g/mol. The van der Waals surface area contributed by atoms with Crippen LogP contribution in [0.25, 0.3) is 0 Å². The van der Waals surface area contributed by atoms with E-state index in [0.29, 0.717) is 49.4 Å². The van der Waals surface area contributed by atoms with Gasteiger partial charge in [0.1, 0.15) is 31.3 Å². The summed E-state index contributed by atoms with van der Waals surface area (Å²) >= 11 is 3.48. The Balaban J connectivity index is 1.50. The topological polar surface area (TPSA) is 74.2 Å². The maximum atomic E-state index is 10.9. The van der Waals surface area contributed by atoms with Crippen LogP contribution in [0.1, 0.15) is 23.5 Å². The largest absolute Gasteiger partial charge is 0.492 e. The Hall–Kier alpha value is -2.41. The number of carbonyl (C=O) groups is 1. The smallest absolute Gasteiger partial charge is 0.304 e. The van der Waals surface area contributed by atoms with Crippen molar-refractivity contribution in [3.8, 4) is 23.0 Å². The Morgan fingerprint density at radius 1 is 1.15 bits per heavy atom. The highest BCUT2D eigenvalue weighted by Crippen LogP contribution is 2.40. The first-order valence-corrected chi connectivity index (χ1v) is 9.09. The van der Waals surface area contributed by atoms with Gasteiger partial charge in [0.05, 0.1) is 13.0 Å². The summed E-state index contributed by atoms with van der Waals surface area (Å²) in [4.78, 5) is 10.9. The maximum absolute atomic E-state index is 10.9. The number of carboxylic acid groups (broad SMARTS) is 1. The molecule has 1 unspecified atom stereocenters. The molecule has 0 spiro atoms. The zero-order chi connectivity index (χ0) is 18.1. The summed E-state index contributed by atoms with van der Waals surface area (Å²) in [6.45, 7) is 1.75. The number of hydrogen-bond donors (Lipinski definition) is 1. The van der Waals surface area contributed by atoms with Gasteiger partial charge in [-0.1, -0.05) is 22.0 Å². The lowest BCUT2D eigenvalue weighted by Crippen LogP contribution is -2.17. The molecule has 1 N–H and O–H groups in total. The normalized spacial score (nSPS) is 17.3. The monoisotopic (exact) mass is 420 g/mol. The van der Waals surface area contributed by atoms with Crippen LogP contribution in [0.4, 0.5) is 0 Å². The van der Waals surface area contributed by atoms with Crippen molar-refractivity contribution in [2.24, 2.45) is 0 Å². The van der Waals surface area contributed by atoms with Crippen LogP contribution in [0.2, 0.25) is 0 Å². The molecule has 2 aliphatic rings. The highest BCUT2D eigenvalue weighted by Gasteiger charge is 2.26. The predicted molar refractivity (Wildman–Crippen MR) is 96.4 cm³/mol. The summed E-state index contributed by atoms with van der Waals surface area (Å²) in [7, 11) is 0. The van der Waals surface area contributed by atoms with Gasteiger partial charge in [0, 0.05) is 27.6 Å². The fourth-order valence-corrected chi connectivity index (χ4v) is 3.67. The molecule has 4 rings (SSSR count). The zero-order valence-corrected chi connectivity index (χ0v) is 15.5. The summed E-state index contributed by atoms with van der Waals surface area (Å²) in [6, 6.07) is 9.34. The van der Waals surface area contributed by atoms with E-state index in [0.717, 1.165) is 15.6 Å². The predicted octanol–water partition coefficient (Wildman–Crippen LogP) is 3.75. The van der Waals surface area contributed by atoms with E-state index < -0.39 is 5.97 Å². The van der Waals surface area contributed by atoms with Crippen molar-refractivity contribution >= 4 is 21.9 Å². The van der Waals surface area contributed by atoms with E-state index in [9.17, 15) is 4.79 Å². The maximum Gasteiger partial charge on any atom is 0.304 e. The number of rotatable bonds is 5. The van der Waals surface area contributed by atoms with E-state index in [2.05, 4.69) is 15.9 Å². The molecule has 2 aliphatic heterocycles. The first-order valence-electron chi connectivity index (χ1n) is 8.29. The molecule has 2 aromatic carbocycles. The molecule has 0 aliphatic carbocycles. The summed E-state index contributed by atoms with van der Waals surface area (Å²) in [6.07, 6.45) is 0.0642. The molecule has 7 heteroatoms. The van der Waals surface area contributed by atoms with Gasteiger partial charge in [-0.2, -0.15) is 0 Å². The van der Waals surface area contributed by atoms with Crippen LogP contribution in [0.15, 0.2) is 34.8 Å². The van der Waals surface area contributed by atoms with E-state index in [1.807, 2.05) is 24.3 Å². The lowest BCUT2D eigenvalue weighted by atomic mass is 9.98. The van der Waals surface area contributed by atoms with E-state index in [-0.39, 0.29) is 12.3 Å². The van der Waals surface area contributed by atoms with Crippen LogP contribution >= 0.6 is 15.9 Å². The van der Waals surface area contributed by atoms with Gasteiger partial charge in [-0.3, -0.25) is 4.79 Å². The Morgan fingerprint density at radius 3 is 2.85 bits per heavy atom. The molecule has 0 saturated carbocycles. The van der Waals surface area contributed by atoms with E-state index in [1.54, 1.807) is 6.07 Å². The molecule has 26 heavy (non-hydrogen) atoms. The minimum absolute atomic E-state index is 0.0642. The fourth-order valence-electron chi connectivity index (χ4n) is 3.18. The van der Waals surface area contributed by atoms with Crippen molar-refractivity contribution in [3.05, 3.63) is 45.9 Å². The Bertz CT molecular complexity index is 850. The van der Waals surface area contributed by atoms with Gasteiger partial charge in [-0.15, -0.1) is 0 Å². The highest BCUT2D eigenvalue weighted by atomic mass is 79.9. The highest BCUT2D eigenvalue weighted by molar-refractivity contribution is 9.10. The van der Waals surface area contributed by atoms with Crippen molar-refractivity contribution in [1.82, 2.24) is 0 Å². The molecule has 0 radical (unpaired) electrons. The molecular formula is C19H17BrO6. The van der Waals surface area contributed by atoms with Crippen LogP contribution in [-0.4, -0.2) is 30.9 Å². The van der Waals surface area contributed by atoms with E-state index >= 15 is 0 Å². The lowest BCUT2D eigenvalue weighted by molar-refractivity contribution is -0.137. The first kappa shape index (κ1) is 17.0. The minimum atomic E-state index is -0.826. The molecule has 2 heterocycles. The number of aliphatic carboxylic acids is 1. The quantitative estimate of drug-likeness (QED) is 0.793. The molecule has 136 valence electrons. The standard InChI is InChI=1S/C19H17BrO6/c20-13-5-12(19-17(7-13)23-3-4-24-19)10-25-14-1-2-15-11(6-18(21)22)9-26-16(15)8-14/h1-2,5,7-8,11H,3-4,6,9-10H2,(H,21,22). The molecule has 2 aromatic rings. The van der Waals surface area contributed by atoms with Crippen LogP contribution in [0.5, 0.6) is 23.0 Å². The second kappa shape index (κ2) is 7.07. The number of halogens is 1. The third-order valence-corrected chi connectivity index (χ3v) is 4.82. The fraction of sp³-hybridized carbons (Fsp3) is 0.316. The van der Waals surface area contributed by atoms with Crippen molar-refractivity contribution in [3.63, 3.8) is 0 Å². The molecule has 0 aromatic heterocycles. The Morgan fingerprint density at radius 2 is 2.00 bits per heavy atom.